The summed E-state index contributed by atoms with van der Waals surface area (Å²) in [5.41, 5.74) is 8.73. The van der Waals surface area contributed by atoms with Crippen LogP contribution in [-0.2, 0) is 9.47 Å². The van der Waals surface area contributed by atoms with E-state index in [0.29, 0.717) is 40.5 Å². The molecule has 18 heteroatoms. The highest BCUT2D eigenvalue weighted by Gasteiger charge is 2.21. The van der Waals surface area contributed by atoms with Gasteiger partial charge in [0.1, 0.15) is 34.1 Å². The molecule has 0 unspecified atom stereocenters. The molecular formula is C52H60N12O4S2. The fourth-order valence-corrected chi connectivity index (χ4v) is 8.99. The molecule has 0 aliphatic heterocycles. The summed E-state index contributed by atoms with van der Waals surface area (Å²) in [5, 5.41) is 16.5. The molecule has 70 heavy (non-hydrogen) atoms. The number of aromatic nitrogens is 6. The molecule has 2 aromatic carbocycles. The number of ether oxygens (including phenoxy) is 2. The number of thiophene rings is 2. The average molecular weight is 981 g/mol. The molecule has 0 bridgehead atoms. The number of amides is 2. The number of benzene rings is 2. The molecule has 0 atom stereocenters. The maximum Gasteiger partial charge on any atom is 0.412 e. The third-order valence-corrected chi connectivity index (χ3v) is 12.9. The van der Waals surface area contributed by atoms with Gasteiger partial charge in [-0.2, -0.15) is 0 Å². The Bertz CT molecular complexity index is 2920. The summed E-state index contributed by atoms with van der Waals surface area (Å²) in [6.45, 7) is 19.8. The number of nitrogens with one attached hydrogen (secondary N) is 4. The molecule has 4 N–H and O–H groups in total. The number of rotatable bonds is 20. The molecule has 364 valence electrons. The van der Waals surface area contributed by atoms with Crippen LogP contribution in [0.4, 0.5) is 32.6 Å². The second kappa shape index (κ2) is 25.5. The van der Waals surface area contributed by atoms with Gasteiger partial charge in [0, 0.05) is 49.4 Å². The molecular weight excluding hydrogens is 921 g/mol. The lowest BCUT2D eigenvalue weighted by Crippen LogP contribution is -2.28. The topological polar surface area (TPSA) is 185 Å². The first-order valence-corrected chi connectivity index (χ1v) is 25.4. The summed E-state index contributed by atoms with van der Waals surface area (Å²) in [6.07, 6.45) is -1.11. The Morgan fingerprint density at radius 1 is 0.500 bits per heavy atom. The smallest absolute Gasteiger partial charge is 0.412 e. The van der Waals surface area contributed by atoms with Crippen molar-refractivity contribution in [2.24, 2.45) is 0 Å². The monoisotopic (exact) mass is 980 g/mol. The number of pyridine rings is 2. The van der Waals surface area contributed by atoms with E-state index in [1.807, 2.05) is 89.6 Å². The van der Waals surface area contributed by atoms with Crippen LogP contribution >= 0.6 is 22.7 Å². The van der Waals surface area contributed by atoms with Crippen LogP contribution in [0.2, 0.25) is 0 Å². The molecule has 0 saturated heterocycles. The lowest BCUT2D eigenvalue weighted by Gasteiger charge is -2.19. The standard InChI is InChI=1S/C28H32N6O2.C24H28N6O2S2/c1-4-34(5-2)18-17-29-22-19-23(31-28(35)36-6-3)30-27-26(22)32-24(20-13-9-7-10-14-20)25(33-27)21-15-11-8-12-16-21;1-4-30(5-2)12-11-25-16-15-19(27-24(31)32-6-3)26-23-20(16)28-21(17-9-7-13-33-17)22(29-23)18-10-8-14-34-18/h7-16,19H,4-6,17-18H2,1-3H3,(H2,29,30,31,33,35);7-10,13-15H,4-6,11-12H2,1-3H3,(H2,25,26,27,29,31). The molecule has 0 saturated carbocycles. The van der Waals surface area contributed by atoms with E-state index in [-0.39, 0.29) is 13.2 Å². The molecule has 2 amide bonds. The zero-order chi connectivity index (χ0) is 49.2. The molecule has 0 aliphatic rings. The van der Waals surface area contributed by atoms with Crippen LogP contribution < -0.4 is 21.3 Å². The second-order valence-corrected chi connectivity index (χ2v) is 17.5. The first-order chi connectivity index (χ1) is 34.2. The Labute approximate surface area is 417 Å². The van der Waals surface area contributed by atoms with Crippen LogP contribution in [0.25, 0.3) is 66.0 Å². The molecule has 6 aromatic heterocycles. The summed E-state index contributed by atoms with van der Waals surface area (Å²) >= 11 is 3.23. The van der Waals surface area contributed by atoms with Crippen molar-refractivity contribution >= 4 is 80.2 Å². The van der Waals surface area contributed by atoms with E-state index in [9.17, 15) is 9.59 Å². The number of likely N-dealkylation sites (N-methyl/N-ethyl adjacent to an activating group) is 2. The van der Waals surface area contributed by atoms with E-state index in [2.05, 4.69) is 74.8 Å². The van der Waals surface area contributed by atoms with Gasteiger partial charge < -0.3 is 29.9 Å². The van der Waals surface area contributed by atoms with Gasteiger partial charge >= 0.3 is 12.2 Å². The van der Waals surface area contributed by atoms with E-state index in [4.69, 9.17) is 29.4 Å². The van der Waals surface area contributed by atoms with Crippen molar-refractivity contribution in [2.45, 2.75) is 41.5 Å². The van der Waals surface area contributed by atoms with Crippen LogP contribution in [0.3, 0.4) is 0 Å². The summed E-state index contributed by atoms with van der Waals surface area (Å²) < 4.78 is 10.1. The molecule has 0 radical (unpaired) electrons. The van der Waals surface area contributed by atoms with Crippen LogP contribution in [0.5, 0.6) is 0 Å². The largest absolute Gasteiger partial charge is 0.450 e. The number of hydrogen-bond acceptors (Lipinski definition) is 16. The second-order valence-electron chi connectivity index (χ2n) is 15.6. The molecule has 6 heterocycles. The molecule has 16 nitrogen and oxygen atoms in total. The third kappa shape index (κ3) is 13.1. The van der Waals surface area contributed by atoms with Gasteiger partial charge in [-0.1, -0.05) is 100 Å². The number of hydrogen-bond donors (Lipinski definition) is 4. The van der Waals surface area contributed by atoms with Crippen molar-refractivity contribution in [2.75, 3.05) is 86.8 Å². The van der Waals surface area contributed by atoms with Gasteiger partial charge in [-0.3, -0.25) is 10.6 Å². The highest BCUT2D eigenvalue weighted by Crippen LogP contribution is 2.37. The van der Waals surface area contributed by atoms with Gasteiger partial charge in [-0.25, -0.2) is 39.5 Å². The Kier molecular flexibility index (Phi) is 18.5. The van der Waals surface area contributed by atoms with Crippen LogP contribution in [0, 0.1) is 0 Å². The van der Waals surface area contributed by atoms with E-state index in [1.54, 1.807) is 48.7 Å². The SMILES string of the molecule is CCOC(=O)Nc1cc(NCCN(CC)CC)c2nc(-c3ccccc3)c(-c3ccccc3)nc2n1.CCOC(=O)Nc1cc(NCCN(CC)CC)c2nc(-c3cccs3)c(-c3cccs3)nc2n1. The van der Waals surface area contributed by atoms with Crippen LogP contribution in [0.15, 0.2) is 108 Å². The minimum atomic E-state index is -0.560. The zero-order valence-corrected chi connectivity index (χ0v) is 42.1. The van der Waals surface area contributed by atoms with Crippen molar-refractivity contribution in [3.05, 3.63) is 108 Å². The van der Waals surface area contributed by atoms with Crippen molar-refractivity contribution < 1.29 is 19.1 Å². The first kappa shape index (κ1) is 50.7. The summed E-state index contributed by atoms with van der Waals surface area (Å²) in [6, 6.07) is 31.6. The van der Waals surface area contributed by atoms with Gasteiger partial charge in [-0.05, 0) is 62.9 Å². The average Bonchev–Trinajstić information content (AvgIpc) is 4.13. The van der Waals surface area contributed by atoms with Gasteiger partial charge in [0.05, 0.1) is 45.7 Å². The van der Waals surface area contributed by atoms with E-state index >= 15 is 0 Å². The number of nitrogens with zero attached hydrogens (tertiary/aromatic N) is 8. The molecule has 0 spiro atoms. The minimum Gasteiger partial charge on any atom is -0.450 e. The highest BCUT2D eigenvalue weighted by atomic mass is 32.1. The zero-order valence-electron chi connectivity index (χ0n) is 40.5. The van der Waals surface area contributed by atoms with Gasteiger partial charge in [-0.15, -0.1) is 22.7 Å². The van der Waals surface area contributed by atoms with Crippen molar-refractivity contribution in [1.29, 1.82) is 0 Å². The van der Waals surface area contributed by atoms with Crippen molar-refractivity contribution in [1.82, 2.24) is 39.7 Å². The predicted molar refractivity (Wildman–Crippen MR) is 286 cm³/mol. The van der Waals surface area contributed by atoms with E-state index in [1.165, 1.54) is 0 Å². The Balaban J connectivity index is 0.000000207. The molecule has 8 rings (SSSR count). The third-order valence-electron chi connectivity index (χ3n) is 11.2. The quantitative estimate of drug-likeness (QED) is 0.0565. The molecule has 8 aromatic rings. The Morgan fingerprint density at radius 3 is 1.30 bits per heavy atom. The summed E-state index contributed by atoms with van der Waals surface area (Å²) in [5.74, 6) is 0.721. The van der Waals surface area contributed by atoms with Crippen LogP contribution in [-0.4, -0.2) is 117 Å². The number of carbonyl (C=O) groups is 2. The maximum absolute atomic E-state index is 12.1. The molecule has 0 aliphatic carbocycles. The number of carbonyl (C=O) groups excluding carboxylic acids is 2. The maximum atomic E-state index is 12.1. The van der Waals surface area contributed by atoms with E-state index < -0.39 is 12.2 Å². The van der Waals surface area contributed by atoms with Gasteiger partial charge in [0.25, 0.3) is 0 Å². The Hall–Kier alpha value is -7.12. The predicted octanol–water partition coefficient (Wildman–Crippen LogP) is 11.5. The Morgan fingerprint density at radius 2 is 0.900 bits per heavy atom. The summed E-state index contributed by atoms with van der Waals surface area (Å²) in [7, 11) is 0. The summed E-state index contributed by atoms with van der Waals surface area (Å²) in [4.78, 5) is 60.1. The normalized spacial score (nSPS) is 11.1. The van der Waals surface area contributed by atoms with Gasteiger partial charge in [0.2, 0.25) is 0 Å². The van der Waals surface area contributed by atoms with Crippen LogP contribution in [0.1, 0.15) is 41.5 Å². The lowest BCUT2D eigenvalue weighted by molar-refractivity contribution is 0.167. The molecule has 0 fully saturated rings. The fraction of sp³-hybridized carbons (Fsp3) is 0.308. The first-order valence-electron chi connectivity index (χ1n) is 23.7. The minimum absolute atomic E-state index is 0.271. The highest BCUT2D eigenvalue weighted by molar-refractivity contribution is 7.14. The van der Waals surface area contributed by atoms with Crippen molar-refractivity contribution in [3.8, 4) is 43.7 Å². The number of anilines is 4. The van der Waals surface area contributed by atoms with E-state index in [0.717, 1.165) is 101 Å². The fourth-order valence-electron chi connectivity index (χ4n) is 7.56. The van der Waals surface area contributed by atoms with Gasteiger partial charge in [0.15, 0.2) is 11.3 Å². The van der Waals surface area contributed by atoms with Crippen molar-refractivity contribution in [3.63, 3.8) is 0 Å². The lowest BCUT2D eigenvalue weighted by atomic mass is 10.0. The number of fused-ring (bicyclic) bond motifs is 2.